The van der Waals surface area contributed by atoms with Gasteiger partial charge >= 0.3 is 0 Å². The molecule has 1 aromatic carbocycles. The molecule has 1 amide bonds. The summed E-state index contributed by atoms with van der Waals surface area (Å²) in [6, 6.07) is 7.37. The van der Waals surface area contributed by atoms with E-state index in [4.69, 9.17) is 10.5 Å². The zero-order chi connectivity index (χ0) is 13.7. The number of likely N-dealkylation sites (tertiary alicyclic amines) is 1. The number of aliphatic hydroxyl groups is 1. The summed E-state index contributed by atoms with van der Waals surface area (Å²) >= 11 is 0. The lowest BCUT2D eigenvalue weighted by Crippen LogP contribution is -2.44. The number of carbonyl (C=O) groups is 1. The van der Waals surface area contributed by atoms with Gasteiger partial charge in [0.1, 0.15) is 5.75 Å². The van der Waals surface area contributed by atoms with Crippen molar-refractivity contribution in [1.29, 1.82) is 0 Å². The third-order valence-corrected chi connectivity index (χ3v) is 3.27. The first-order chi connectivity index (χ1) is 9.19. The van der Waals surface area contributed by atoms with Crippen molar-refractivity contribution in [2.24, 2.45) is 5.73 Å². The molecule has 1 saturated heterocycles. The summed E-state index contributed by atoms with van der Waals surface area (Å²) in [5.41, 5.74) is 6.53. The minimum absolute atomic E-state index is 0.00862. The second kappa shape index (κ2) is 6.54. The summed E-state index contributed by atoms with van der Waals surface area (Å²) in [5.74, 6) is 0.574. The number of nitrogens with zero attached hydrogens (tertiary/aromatic N) is 1. The standard InChI is InChI=1S/C14H20N2O3/c15-8-11-3-5-13(6-4-11)19-10-14(18)16-7-1-2-12(17)9-16/h3-6,12,17H,1-2,7-10,15H2. The van der Waals surface area contributed by atoms with E-state index in [1.807, 2.05) is 12.1 Å². The Balaban J connectivity index is 1.82. The van der Waals surface area contributed by atoms with E-state index in [0.717, 1.165) is 18.4 Å². The Bertz CT molecular complexity index is 419. The molecule has 1 aliphatic heterocycles. The molecule has 19 heavy (non-hydrogen) atoms. The number of benzene rings is 1. The van der Waals surface area contributed by atoms with Gasteiger partial charge in [-0.25, -0.2) is 0 Å². The van der Waals surface area contributed by atoms with Crippen LogP contribution in [-0.2, 0) is 11.3 Å². The Morgan fingerprint density at radius 3 is 2.79 bits per heavy atom. The summed E-state index contributed by atoms with van der Waals surface area (Å²) in [7, 11) is 0. The van der Waals surface area contributed by atoms with Gasteiger partial charge < -0.3 is 20.5 Å². The van der Waals surface area contributed by atoms with Crippen LogP contribution in [0.25, 0.3) is 0 Å². The lowest BCUT2D eigenvalue weighted by molar-refractivity contribution is -0.136. The quantitative estimate of drug-likeness (QED) is 0.830. The SMILES string of the molecule is NCc1ccc(OCC(=O)N2CCCC(O)C2)cc1. The second-order valence-corrected chi connectivity index (χ2v) is 4.77. The molecule has 0 radical (unpaired) electrons. The third-order valence-electron chi connectivity index (χ3n) is 3.27. The van der Waals surface area contributed by atoms with Gasteiger partial charge in [0.25, 0.3) is 5.91 Å². The van der Waals surface area contributed by atoms with Crippen LogP contribution >= 0.6 is 0 Å². The fourth-order valence-corrected chi connectivity index (χ4v) is 2.14. The van der Waals surface area contributed by atoms with E-state index in [2.05, 4.69) is 0 Å². The molecule has 1 fully saturated rings. The average molecular weight is 264 g/mol. The van der Waals surface area contributed by atoms with Crippen LogP contribution in [0, 0.1) is 0 Å². The number of hydrogen-bond donors (Lipinski definition) is 2. The Kier molecular flexibility index (Phi) is 4.76. The Labute approximate surface area is 113 Å². The number of carbonyl (C=O) groups excluding carboxylic acids is 1. The van der Waals surface area contributed by atoms with Crippen LogP contribution < -0.4 is 10.5 Å². The van der Waals surface area contributed by atoms with Gasteiger partial charge in [-0.15, -0.1) is 0 Å². The van der Waals surface area contributed by atoms with Crippen molar-refractivity contribution in [3.8, 4) is 5.75 Å². The number of aliphatic hydroxyl groups excluding tert-OH is 1. The number of amides is 1. The van der Waals surface area contributed by atoms with Crippen molar-refractivity contribution in [1.82, 2.24) is 4.90 Å². The number of piperidine rings is 1. The predicted molar refractivity (Wildman–Crippen MR) is 71.6 cm³/mol. The van der Waals surface area contributed by atoms with Gasteiger partial charge in [0.05, 0.1) is 6.10 Å². The molecule has 2 rings (SSSR count). The third kappa shape index (κ3) is 3.94. The summed E-state index contributed by atoms with van der Waals surface area (Å²) in [6.07, 6.45) is 1.21. The van der Waals surface area contributed by atoms with E-state index < -0.39 is 6.10 Å². The van der Waals surface area contributed by atoms with E-state index in [-0.39, 0.29) is 12.5 Å². The van der Waals surface area contributed by atoms with Crippen LogP contribution in [-0.4, -0.2) is 41.7 Å². The molecule has 0 aliphatic carbocycles. The lowest BCUT2D eigenvalue weighted by Gasteiger charge is -2.30. The highest BCUT2D eigenvalue weighted by atomic mass is 16.5. The van der Waals surface area contributed by atoms with Crippen molar-refractivity contribution in [3.63, 3.8) is 0 Å². The fraction of sp³-hybridized carbons (Fsp3) is 0.500. The topological polar surface area (TPSA) is 75.8 Å². The molecule has 0 aromatic heterocycles. The number of hydrogen-bond acceptors (Lipinski definition) is 4. The normalized spacial score (nSPS) is 19.3. The van der Waals surface area contributed by atoms with Crippen LogP contribution in [0.1, 0.15) is 18.4 Å². The van der Waals surface area contributed by atoms with Gasteiger partial charge in [-0.05, 0) is 30.5 Å². The van der Waals surface area contributed by atoms with Crippen LogP contribution in [0.5, 0.6) is 5.75 Å². The molecule has 0 bridgehead atoms. The highest BCUT2D eigenvalue weighted by Crippen LogP contribution is 2.13. The predicted octanol–water partition coefficient (Wildman–Crippen LogP) is 0.507. The highest BCUT2D eigenvalue weighted by molar-refractivity contribution is 5.77. The lowest BCUT2D eigenvalue weighted by atomic mass is 10.1. The molecular weight excluding hydrogens is 244 g/mol. The summed E-state index contributed by atoms with van der Waals surface area (Å²) in [5, 5.41) is 9.52. The van der Waals surface area contributed by atoms with Crippen molar-refractivity contribution in [2.75, 3.05) is 19.7 Å². The zero-order valence-electron chi connectivity index (χ0n) is 10.9. The summed E-state index contributed by atoms with van der Waals surface area (Å²) < 4.78 is 5.44. The first kappa shape index (κ1) is 13.8. The first-order valence-electron chi connectivity index (χ1n) is 6.56. The van der Waals surface area contributed by atoms with Gasteiger partial charge in [0.15, 0.2) is 6.61 Å². The van der Waals surface area contributed by atoms with Crippen molar-refractivity contribution in [3.05, 3.63) is 29.8 Å². The molecule has 5 nitrogen and oxygen atoms in total. The molecule has 5 heteroatoms. The van der Waals surface area contributed by atoms with Gasteiger partial charge in [-0.1, -0.05) is 12.1 Å². The molecule has 3 N–H and O–H groups in total. The van der Waals surface area contributed by atoms with E-state index in [0.29, 0.717) is 25.4 Å². The second-order valence-electron chi connectivity index (χ2n) is 4.77. The first-order valence-corrected chi connectivity index (χ1v) is 6.56. The highest BCUT2D eigenvalue weighted by Gasteiger charge is 2.22. The fourth-order valence-electron chi connectivity index (χ4n) is 2.14. The van der Waals surface area contributed by atoms with Crippen LogP contribution in [0.2, 0.25) is 0 Å². The van der Waals surface area contributed by atoms with Gasteiger partial charge in [-0.2, -0.15) is 0 Å². The molecule has 1 aromatic rings. The zero-order valence-corrected chi connectivity index (χ0v) is 10.9. The smallest absolute Gasteiger partial charge is 0.260 e. The molecule has 1 aliphatic rings. The average Bonchev–Trinajstić information content (AvgIpc) is 2.45. The van der Waals surface area contributed by atoms with E-state index in [9.17, 15) is 9.90 Å². The minimum Gasteiger partial charge on any atom is -0.484 e. The molecular formula is C14H20N2O3. The van der Waals surface area contributed by atoms with Crippen molar-refractivity contribution in [2.45, 2.75) is 25.5 Å². The van der Waals surface area contributed by atoms with E-state index in [1.54, 1.807) is 17.0 Å². The molecule has 0 saturated carbocycles. The molecule has 104 valence electrons. The van der Waals surface area contributed by atoms with E-state index in [1.165, 1.54) is 0 Å². The van der Waals surface area contributed by atoms with Gasteiger partial charge in [0, 0.05) is 19.6 Å². The number of nitrogens with two attached hydrogens (primary N) is 1. The molecule has 1 atom stereocenters. The number of β-amino-alcohol motifs (C(OH)–C–C–N with tert-alkyl or cyclic N) is 1. The monoisotopic (exact) mass is 264 g/mol. The molecule has 0 spiro atoms. The molecule has 1 unspecified atom stereocenters. The maximum absolute atomic E-state index is 11.9. The Hall–Kier alpha value is -1.59. The van der Waals surface area contributed by atoms with Crippen LogP contribution in [0.3, 0.4) is 0 Å². The van der Waals surface area contributed by atoms with Gasteiger partial charge in [0.2, 0.25) is 0 Å². The number of rotatable bonds is 4. The van der Waals surface area contributed by atoms with Crippen molar-refractivity contribution >= 4 is 5.91 Å². The Morgan fingerprint density at radius 1 is 1.42 bits per heavy atom. The summed E-state index contributed by atoms with van der Waals surface area (Å²) in [6.45, 7) is 1.61. The molecule has 1 heterocycles. The van der Waals surface area contributed by atoms with Gasteiger partial charge in [-0.3, -0.25) is 4.79 Å². The maximum Gasteiger partial charge on any atom is 0.260 e. The number of ether oxygens (including phenoxy) is 1. The maximum atomic E-state index is 11.9. The van der Waals surface area contributed by atoms with Crippen LogP contribution in [0.15, 0.2) is 24.3 Å². The van der Waals surface area contributed by atoms with Crippen molar-refractivity contribution < 1.29 is 14.6 Å². The van der Waals surface area contributed by atoms with Crippen LogP contribution in [0.4, 0.5) is 0 Å². The minimum atomic E-state index is -0.401. The van der Waals surface area contributed by atoms with E-state index >= 15 is 0 Å². The largest absolute Gasteiger partial charge is 0.484 e. The summed E-state index contributed by atoms with van der Waals surface area (Å²) in [4.78, 5) is 13.6. The Morgan fingerprint density at radius 2 is 2.16 bits per heavy atom.